The van der Waals surface area contributed by atoms with E-state index in [4.69, 9.17) is 0 Å². The first kappa shape index (κ1) is 17.5. The zero-order valence-corrected chi connectivity index (χ0v) is 14.7. The Labute approximate surface area is 148 Å². The van der Waals surface area contributed by atoms with Gasteiger partial charge >= 0.3 is 0 Å². The number of likely N-dealkylation sites (N-methyl/N-ethyl adjacent to an activating group) is 1. The number of carbonyl (C=O) groups excluding carboxylic acids is 1. The highest BCUT2D eigenvalue weighted by Crippen LogP contribution is 2.24. The molecule has 1 amide bonds. The Morgan fingerprint density at radius 3 is 2.96 bits per heavy atom. The first-order valence-electron chi connectivity index (χ1n) is 8.85. The molecule has 1 aliphatic rings. The molecule has 132 valence electrons. The third-order valence-electron chi connectivity index (χ3n) is 4.59. The molecule has 2 aromatic heterocycles. The molecule has 0 saturated carbocycles. The van der Waals surface area contributed by atoms with Gasteiger partial charge in [0.05, 0.1) is 11.4 Å². The molecule has 3 rings (SSSR count). The number of amides is 1. The van der Waals surface area contributed by atoms with E-state index in [0.717, 1.165) is 30.0 Å². The third kappa shape index (κ3) is 5.32. The van der Waals surface area contributed by atoms with E-state index < -0.39 is 0 Å². The van der Waals surface area contributed by atoms with Crippen molar-refractivity contribution in [2.45, 2.75) is 38.1 Å². The fraction of sp³-hybridized carbons (Fsp3) is 0.474. The van der Waals surface area contributed by atoms with Crippen LogP contribution in [0.5, 0.6) is 0 Å². The molecule has 1 unspecified atom stereocenters. The van der Waals surface area contributed by atoms with E-state index in [1.54, 1.807) is 12.4 Å². The number of nitrogens with zero attached hydrogens (tertiary/aromatic N) is 4. The van der Waals surface area contributed by atoms with E-state index in [0.29, 0.717) is 25.3 Å². The van der Waals surface area contributed by atoms with Crippen molar-refractivity contribution in [3.63, 3.8) is 0 Å². The highest BCUT2D eigenvalue weighted by Gasteiger charge is 2.20. The zero-order chi connectivity index (χ0) is 17.5. The van der Waals surface area contributed by atoms with Crippen LogP contribution in [0.25, 0.3) is 0 Å². The summed E-state index contributed by atoms with van der Waals surface area (Å²) < 4.78 is 0. The standard InChI is InChI=1S/C19H25N5O/c1-24-9-3-5-16(14-24)18-13-21-17(12-22-18)6-7-19(25)23-11-15-4-2-8-20-10-15/h2,4,8,10,12-13,16H,3,5-7,9,11,14H2,1H3,(H,23,25). The van der Waals surface area contributed by atoms with Crippen molar-refractivity contribution in [2.75, 3.05) is 20.1 Å². The molecule has 6 heteroatoms. The number of rotatable bonds is 6. The first-order valence-corrected chi connectivity index (χ1v) is 8.85. The van der Waals surface area contributed by atoms with Crippen LogP contribution in [0.1, 0.15) is 42.1 Å². The van der Waals surface area contributed by atoms with Gasteiger partial charge in [0.25, 0.3) is 0 Å². The van der Waals surface area contributed by atoms with E-state index in [1.807, 2.05) is 24.5 Å². The SMILES string of the molecule is CN1CCCC(c2cnc(CCC(=O)NCc3cccnc3)cn2)C1. The number of carbonyl (C=O) groups is 1. The van der Waals surface area contributed by atoms with Crippen LogP contribution < -0.4 is 5.32 Å². The quantitative estimate of drug-likeness (QED) is 0.871. The number of nitrogens with one attached hydrogen (secondary N) is 1. The minimum absolute atomic E-state index is 0.0173. The molecule has 1 N–H and O–H groups in total. The Morgan fingerprint density at radius 2 is 2.24 bits per heavy atom. The molecule has 0 aromatic carbocycles. The van der Waals surface area contributed by atoms with Crippen molar-refractivity contribution < 1.29 is 4.79 Å². The normalized spacial score (nSPS) is 18.0. The molecular formula is C19H25N5O. The van der Waals surface area contributed by atoms with Gasteiger partial charge in [0.15, 0.2) is 0 Å². The minimum Gasteiger partial charge on any atom is -0.352 e. The highest BCUT2D eigenvalue weighted by molar-refractivity contribution is 5.76. The van der Waals surface area contributed by atoms with Gasteiger partial charge in [0.2, 0.25) is 5.91 Å². The number of hydrogen-bond acceptors (Lipinski definition) is 5. The second kappa shape index (κ2) is 8.67. The summed E-state index contributed by atoms with van der Waals surface area (Å²) in [6.07, 6.45) is 10.6. The largest absolute Gasteiger partial charge is 0.352 e. The van der Waals surface area contributed by atoms with Gasteiger partial charge in [0, 0.05) is 50.2 Å². The van der Waals surface area contributed by atoms with Gasteiger partial charge in [-0.2, -0.15) is 0 Å². The average molecular weight is 339 g/mol. The van der Waals surface area contributed by atoms with Gasteiger partial charge in [-0.3, -0.25) is 19.7 Å². The molecule has 1 saturated heterocycles. The summed E-state index contributed by atoms with van der Waals surface area (Å²) in [6, 6.07) is 3.81. The van der Waals surface area contributed by atoms with Crippen molar-refractivity contribution in [3.8, 4) is 0 Å². The van der Waals surface area contributed by atoms with Crippen LogP contribution >= 0.6 is 0 Å². The lowest BCUT2D eigenvalue weighted by Gasteiger charge is -2.29. The van der Waals surface area contributed by atoms with Gasteiger partial charge in [-0.15, -0.1) is 0 Å². The van der Waals surface area contributed by atoms with Gasteiger partial charge in [-0.1, -0.05) is 6.07 Å². The minimum atomic E-state index is 0.0173. The molecule has 6 nitrogen and oxygen atoms in total. The van der Waals surface area contributed by atoms with Crippen LogP contribution in [0.15, 0.2) is 36.9 Å². The molecular weight excluding hydrogens is 314 g/mol. The molecule has 0 radical (unpaired) electrons. The van der Waals surface area contributed by atoms with Crippen molar-refractivity contribution in [1.29, 1.82) is 0 Å². The van der Waals surface area contributed by atoms with Crippen LogP contribution in [0, 0.1) is 0 Å². The monoisotopic (exact) mass is 339 g/mol. The maximum absolute atomic E-state index is 12.0. The van der Waals surface area contributed by atoms with E-state index in [2.05, 4.69) is 32.2 Å². The number of aryl methyl sites for hydroxylation is 1. The smallest absolute Gasteiger partial charge is 0.220 e. The summed E-state index contributed by atoms with van der Waals surface area (Å²) in [5.41, 5.74) is 2.93. The molecule has 1 fully saturated rings. The number of pyridine rings is 1. The first-order chi connectivity index (χ1) is 12.2. The maximum Gasteiger partial charge on any atom is 0.220 e. The summed E-state index contributed by atoms with van der Waals surface area (Å²) in [7, 11) is 2.15. The summed E-state index contributed by atoms with van der Waals surface area (Å²) in [6.45, 7) is 2.72. The fourth-order valence-electron chi connectivity index (χ4n) is 3.15. The number of hydrogen-bond donors (Lipinski definition) is 1. The Morgan fingerprint density at radius 1 is 1.32 bits per heavy atom. The Kier molecular flexibility index (Phi) is 6.06. The van der Waals surface area contributed by atoms with E-state index in [-0.39, 0.29) is 5.91 Å². The molecule has 0 aliphatic carbocycles. The Bertz CT molecular complexity index is 674. The summed E-state index contributed by atoms with van der Waals surface area (Å²) in [5.74, 6) is 0.492. The van der Waals surface area contributed by atoms with E-state index in [9.17, 15) is 4.79 Å². The molecule has 25 heavy (non-hydrogen) atoms. The van der Waals surface area contributed by atoms with Gasteiger partial charge < -0.3 is 10.2 Å². The molecule has 0 spiro atoms. The molecule has 3 heterocycles. The summed E-state index contributed by atoms with van der Waals surface area (Å²) >= 11 is 0. The topological polar surface area (TPSA) is 71.0 Å². The number of aromatic nitrogens is 3. The van der Waals surface area contributed by atoms with Crippen LogP contribution in [0.2, 0.25) is 0 Å². The third-order valence-corrected chi connectivity index (χ3v) is 4.59. The van der Waals surface area contributed by atoms with Crippen LogP contribution in [0.3, 0.4) is 0 Å². The van der Waals surface area contributed by atoms with Crippen LogP contribution in [-0.4, -0.2) is 45.9 Å². The summed E-state index contributed by atoms with van der Waals surface area (Å²) in [5, 5.41) is 2.90. The van der Waals surface area contributed by atoms with Gasteiger partial charge in [-0.05, 0) is 44.5 Å². The van der Waals surface area contributed by atoms with Crippen LogP contribution in [-0.2, 0) is 17.8 Å². The number of likely N-dealkylation sites (tertiary alicyclic amines) is 1. The molecule has 1 aliphatic heterocycles. The van der Waals surface area contributed by atoms with Crippen molar-refractivity contribution in [1.82, 2.24) is 25.2 Å². The van der Waals surface area contributed by atoms with Crippen LogP contribution in [0.4, 0.5) is 0 Å². The molecule has 0 bridgehead atoms. The van der Waals surface area contributed by atoms with Crippen molar-refractivity contribution in [2.24, 2.45) is 0 Å². The van der Waals surface area contributed by atoms with Gasteiger partial charge in [-0.25, -0.2) is 0 Å². The Balaban J connectivity index is 1.44. The predicted octanol–water partition coefficient (Wildman–Crippen LogP) is 1.93. The second-order valence-corrected chi connectivity index (χ2v) is 6.67. The zero-order valence-electron chi connectivity index (χ0n) is 14.7. The fourth-order valence-corrected chi connectivity index (χ4v) is 3.15. The lowest BCUT2D eigenvalue weighted by Crippen LogP contribution is -2.31. The van der Waals surface area contributed by atoms with Crippen molar-refractivity contribution in [3.05, 3.63) is 53.9 Å². The highest BCUT2D eigenvalue weighted by atomic mass is 16.1. The second-order valence-electron chi connectivity index (χ2n) is 6.67. The Hall–Kier alpha value is -2.34. The van der Waals surface area contributed by atoms with E-state index in [1.165, 1.54) is 12.8 Å². The predicted molar refractivity (Wildman–Crippen MR) is 95.9 cm³/mol. The van der Waals surface area contributed by atoms with Gasteiger partial charge in [0.1, 0.15) is 0 Å². The number of piperidine rings is 1. The molecule has 1 atom stereocenters. The van der Waals surface area contributed by atoms with Crippen molar-refractivity contribution >= 4 is 5.91 Å². The summed E-state index contributed by atoms with van der Waals surface area (Å²) in [4.78, 5) is 27.4. The lowest BCUT2D eigenvalue weighted by molar-refractivity contribution is -0.121. The lowest BCUT2D eigenvalue weighted by atomic mass is 9.95. The molecule has 2 aromatic rings. The maximum atomic E-state index is 12.0. The van der Waals surface area contributed by atoms with E-state index >= 15 is 0 Å². The average Bonchev–Trinajstić information content (AvgIpc) is 2.66.